The fourth-order valence-electron chi connectivity index (χ4n) is 1.67. The number of hydrogen-bond acceptors (Lipinski definition) is 4. The average Bonchev–Trinajstić information content (AvgIpc) is 2.88. The topological polar surface area (TPSA) is 45.6 Å². The first kappa shape index (κ1) is 16.1. The molecule has 4 nitrogen and oxygen atoms in total. The van der Waals surface area contributed by atoms with Crippen molar-refractivity contribution in [1.82, 2.24) is 10.6 Å². The summed E-state index contributed by atoms with van der Waals surface area (Å²) in [5.41, 5.74) is 1.23. The van der Waals surface area contributed by atoms with Crippen molar-refractivity contribution in [2.45, 2.75) is 20.4 Å². The van der Waals surface area contributed by atoms with Gasteiger partial charge in [-0.25, -0.2) is 0 Å². The third-order valence-corrected chi connectivity index (χ3v) is 2.64. The number of nitrogens with zero attached hydrogens (tertiary/aromatic N) is 1. The molecule has 1 aromatic carbocycles. The van der Waals surface area contributed by atoms with E-state index in [1.165, 1.54) is 5.56 Å². The lowest BCUT2D eigenvalue weighted by Crippen LogP contribution is -2.33. The van der Waals surface area contributed by atoms with Crippen molar-refractivity contribution in [2.75, 3.05) is 19.7 Å². The Morgan fingerprint density at radius 1 is 1.32 bits per heavy atom. The Morgan fingerprint density at radius 3 is 2.63 bits per heavy atom. The SMILES string of the molecule is CC(C)COc1ccc(CNC2=NCCN2)cc1.I. The standard InChI is InChI=1S/C14H21N3O.HI/c1-11(2)10-18-13-5-3-12(4-6-13)9-17-14-15-7-8-16-14;/h3-6,11H,7-10H2,1-2H3,(H2,15,16,17);1H. The van der Waals surface area contributed by atoms with Gasteiger partial charge in [0.25, 0.3) is 0 Å². The van der Waals surface area contributed by atoms with Gasteiger partial charge in [0.05, 0.1) is 13.2 Å². The maximum Gasteiger partial charge on any atom is 0.191 e. The molecule has 0 spiro atoms. The van der Waals surface area contributed by atoms with Crippen LogP contribution in [0.4, 0.5) is 0 Å². The Hall–Kier alpha value is -0.980. The van der Waals surface area contributed by atoms with Gasteiger partial charge in [0.2, 0.25) is 0 Å². The summed E-state index contributed by atoms with van der Waals surface area (Å²) < 4.78 is 5.64. The largest absolute Gasteiger partial charge is 0.493 e. The summed E-state index contributed by atoms with van der Waals surface area (Å²) in [6.07, 6.45) is 0. The van der Waals surface area contributed by atoms with Crippen LogP contribution in [0.5, 0.6) is 5.75 Å². The van der Waals surface area contributed by atoms with E-state index in [4.69, 9.17) is 4.74 Å². The molecule has 0 atom stereocenters. The lowest BCUT2D eigenvalue weighted by Gasteiger charge is -2.10. The Morgan fingerprint density at radius 2 is 2.05 bits per heavy atom. The van der Waals surface area contributed by atoms with E-state index < -0.39 is 0 Å². The second-order valence-electron chi connectivity index (χ2n) is 4.86. The smallest absolute Gasteiger partial charge is 0.191 e. The summed E-state index contributed by atoms with van der Waals surface area (Å²) in [4.78, 5) is 4.29. The summed E-state index contributed by atoms with van der Waals surface area (Å²) in [6, 6.07) is 8.20. The van der Waals surface area contributed by atoms with Crippen molar-refractivity contribution < 1.29 is 4.74 Å². The van der Waals surface area contributed by atoms with Crippen LogP contribution in [0.1, 0.15) is 19.4 Å². The van der Waals surface area contributed by atoms with Crippen LogP contribution in [-0.4, -0.2) is 25.7 Å². The van der Waals surface area contributed by atoms with E-state index >= 15 is 0 Å². The molecule has 0 radical (unpaired) electrons. The predicted molar refractivity (Wildman–Crippen MR) is 89.3 cm³/mol. The summed E-state index contributed by atoms with van der Waals surface area (Å²) in [5, 5.41) is 6.45. The number of nitrogens with one attached hydrogen (secondary N) is 2. The Labute approximate surface area is 132 Å². The van der Waals surface area contributed by atoms with Gasteiger partial charge in [0, 0.05) is 13.1 Å². The summed E-state index contributed by atoms with van der Waals surface area (Å²) in [6.45, 7) is 7.64. The number of aliphatic imine (C=N–C) groups is 1. The van der Waals surface area contributed by atoms with Gasteiger partial charge in [0.1, 0.15) is 5.75 Å². The zero-order valence-corrected chi connectivity index (χ0v) is 13.8. The molecule has 1 aliphatic heterocycles. The molecule has 2 N–H and O–H groups in total. The fraction of sp³-hybridized carbons (Fsp3) is 0.500. The second-order valence-corrected chi connectivity index (χ2v) is 4.86. The third kappa shape index (κ3) is 5.67. The van der Waals surface area contributed by atoms with Gasteiger partial charge in [-0.05, 0) is 23.6 Å². The number of guanidine groups is 1. The lowest BCUT2D eigenvalue weighted by molar-refractivity contribution is 0.271. The average molecular weight is 375 g/mol. The van der Waals surface area contributed by atoms with Crippen molar-refractivity contribution in [1.29, 1.82) is 0 Å². The van der Waals surface area contributed by atoms with Gasteiger partial charge >= 0.3 is 0 Å². The number of rotatable bonds is 5. The van der Waals surface area contributed by atoms with Crippen LogP contribution >= 0.6 is 24.0 Å². The van der Waals surface area contributed by atoms with Crippen molar-refractivity contribution >= 4 is 29.9 Å². The van der Waals surface area contributed by atoms with Crippen LogP contribution in [0.25, 0.3) is 0 Å². The van der Waals surface area contributed by atoms with Crippen LogP contribution in [-0.2, 0) is 6.54 Å². The molecule has 0 saturated heterocycles. The second kappa shape index (κ2) is 8.24. The molecule has 0 fully saturated rings. The van der Waals surface area contributed by atoms with Crippen LogP contribution in [0, 0.1) is 5.92 Å². The molecule has 0 unspecified atom stereocenters. The highest BCUT2D eigenvalue weighted by Crippen LogP contribution is 2.13. The zero-order chi connectivity index (χ0) is 12.8. The third-order valence-electron chi connectivity index (χ3n) is 2.64. The minimum absolute atomic E-state index is 0. The van der Waals surface area contributed by atoms with E-state index in [-0.39, 0.29) is 24.0 Å². The van der Waals surface area contributed by atoms with Crippen LogP contribution in [0.2, 0.25) is 0 Å². The summed E-state index contributed by atoms with van der Waals surface area (Å²) >= 11 is 0. The van der Waals surface area contributed by atoms with E-state index in [2.05, 4.69) is 41.6 Å². The summed E-state index contributed by atoms with van der Waals surface area (Å²) in [7, 11) is 0. The first-order valence-corrected chi connectivity index (χ1v) is 6.48. The van der Waals surface area contributed by atoms with E-state index in [1.807, 2.05) is 12.1 Å². The molecule has 0 amide bonds. The maximum atomic E-state index is 5.64. The molecule has 1 aromatic rings. The van der Waals surface area contributed by atoms with Crippen molar-refractivity contribution in [3.8, 4) is 5.75 Å². The number of benzene rings is 1. The van der Waals surface area contributed by atoms with Crippen molar-refractivity contribution in [3.63, 3.8) is 0 Å². The Kier molecular flexibility index (Phi) is 6.97. The monoisotopic (exact) mass is 375 g/mol. The molecule has 1 aliphatic rings. The van der Waals surface area contributed by atoms with Crippen LogP contribution in [0.15, 0.2) is 29.3 Å². The van der Waals surface area contributed by atoms with Gasteiger partial charge in [-0.2, -0.15) is 0 Å². The highest BCUT2D eigenvalue weighted by molar-refractivity contribution is 14.0. The molecule has 106 valence electrons. The van der Waals surface area contributed by atoms with Crippen LogP contribution in [0.3, 0.4) is 0 Å². The highest BCUT2D eigenvalue weighted by atomic mass is 127. The lowest BCUT2D eigenvalue weighted by atomic mass is 10.2. The Balaban J connectivity index is 0.00000180. The number of halogens is 1. The van der Waals surface area contributed by atoms with Gasteiger partial charge < -0.3 is 15.4 Å². The van der Waals surface area contributed by atoms with Gasteiger partial charge in [-0.1, -0.05) is 26.0 Å². The zero-order valence-electron chi connectivity index (χ0n) is 11.5. The first-order chi connectivity index (χ1) is 8.74. The first-order valence-electron chi connectivity index (χ1n) is 6.48. The normalized spacial score (nSPS) is 13.5. The molecule has 0 aliphatic carbocycles. The molecule has 1 heterocycles. The van der Waals surface area contributed by atoms with Crippen molar-refractivity contribution in [2.24, 2.45) is 10.9 Å². The fourth-order valence-corrected chi connectivity index (χ4v) is 1.67. The Bertz CT molecular complexity index is 404. The molecular formula is C14H22IN3O. The minimum Gasteiger partial charge on any atom is -0.493 e. The molecule has 0 bridgehead atoms. The minimum atomic E-state index is 0. The summed E-state index contributed by atoms with van der Waals surface area (Å²) in [5.74, 6) is 2.39. The quantitative estimate of drug-likeness (QED) is 0.777. The number of ether oxygens (including phenoxy) is 1. The molecule has 19 heavy (non-hydrogen) atoms. The molecule has 2 rings (SSSR count). The molecule has 0 aromatic heterocycles. The molecule has 0 saturated carbocycles. The predicted octanol–water partition coefficient (Wildman–Crippen LogP) is 2.39. The number of hydrogen-bond donors (Lipinski definition) is 2. The molecule has 5 heteroatoms. The van der Waals surface area contributed by atoms with Gasteiger partial charge in [-0.15, -0.1) is 24.0 Å². The maximum absolute atomic E-state index is 5.64. The van der Waals surface area contributed by atoms with E-state index in [0.717, 1.165) is 38.0 Å². The molecular weight excluding hydrogens is 353 g/mol. The van der Waals surface area contributed by atoms with Gasteiger partial charge in [0.15, 0.2) is 5.96 Å². The van der Waals surface area contributed by atoms with Crippen molar-refractivity contribution in [3.05, 3.63) is 29.8 Å². The highest BCUT2D eigenvalue weighted by Gasteiger charge is 2.03. The van der Waals surface area contributed by atoms with E-state index in [1.54, 1.807) is 0 Å². The van der Waals surface area contributed by atoms with E-state index in [9.17, 15) is 0 Å². The van der Waals surface area contributed by atoms with Gasteiger partial charge in [-0.3, -0.25) is 4.99 Å². The van der Waals surface area contributed by atoms with Crippen LogP contribution < -0.4 is 15.4 Å². The van der Waals surface area contributed by atoms with E-state index in [0.29, 0.717) is 5.92 Å².